The van der Waals surface area contributed by atoms with Crippen molar-refractivity contribution in [1.82, 2.24) is 15.5 Å². The Morgan fingerprint density at radius 2 is 2.08 bits per heavy atom. The number of halogens is 1. The lowest BCUT2D eigenvalue weighted by Gasteiger charge is -2.23. The van der Waals surface area contributed by atoms with Crippen molar-refractivity contribution < 1.29 is 14.1 Å². The standard InChI is InChI=1S/C17H23ClN4O2/c1-11(22(5)10-14(23)19-17(2,3)4)15-20-21-16(24-15)12-7-6-8-13(18)9-12/h6-9,11H,10H2,1-5H3,(H,19,23)/p+1/t11-/m1/s1. The molecule has 1 aromatic carbocycles. The number of hydrogen-bond donors (Lipinski definition) is 2. The van der Waals surface area contributed by atoms with Crippen LogP contribution in [0.5, 0.6) is 0 Å². The third-order valence-electron chi connectivity index (χ3n) is 3.58. The number of hydrogen-bond acceptors (Lipinski definition) is 4. The van der Waals surface area contributed by atoms with Gasteiger partial charge in [-0.05, 0) is 45.9 Å². The molecule has 0 aliphatic carbocycles. The van der Waals surface area contributed by atoms with Crippen molar-refractivity contribution in [2.75, 3.05) is 13.6 Å². The second kappa shape index (κ2) is 7.32. The van der Waals surface area contributed by atoms with Crippen LogP contribution in [0, 0.1) is 0 Å². The van der Waals surface area contributed by atoms with Crippen LogP contribution in [0.2, 0.25) is 5.02 Å². The van der Waals surface area contributed by atoms with E-state index in [2.05, 4.69) is 15.5 Å². The van der Waals surface area contributed by atoms with E-state index in [0.717, 1.165) is 10.5 Å². The van der Waals surface area contributed by atoms with E-state index in [4.69, 9.17) is 16.0 Å². The largest absolute Gasteiger partial charge is 0.415 e. The highest BCUT2D eigenvalue weighted by Crippen LogP contribution is 2.22. The van der Waals surface area contributed by atoms with Crippen LogP contribution in [0.15, 0.2) is 28.7 Å². The van der Waals surface area contributed by atoms with Crippen molar-refractivity contribution in [3.63, 3.8) is 0 Å². The van der Waals surface area contributed by atoms with E-state index in [1.54, 1.807) is 12.1 Å². The van der Waals surface area contributed by atoms with Crippen LogP contribution in [0.1, 0.15) is 39.6 Å². The average Bonchev–Trinajstić information content (AvgIpc) is 2.94. The lowest BCUT2D eigenvalue weighted by Crippen LogP contribution is -3.10. The van der Waals surface area contributed by atoms with Gasteiger partial charge in [-0.2, -0.15) is 0 Å². The maximum Gasteiger partial charge on any atom is 0.275 e. The Hall–Kier alpha value is -1.92. The summed E-state index contributed by atoms with van der Waals surface area (Å²) in [7, 11) is 1.93. The number of benzene rings is 1. The summed E-state index contributed by atoms with van der Waals surface area (Å²) in [5, 5.41) is 11.8. The Bertz CT molecular complexity index is 709. The van der Waals surface area contributed by atoms with E-state index in [9.17, 15) is 4.79 Å². The smallest absolute Gasteiger partial charge is 0.275 e. The Kier molecular flexibility index (Phi) is 5.62. The number of quaternary nitrogens is 1. The molecule has 130 valence electrons. The van der Waals surface area contributed by atoms with Gasteiger partial charge in [0, 0.05) is 16.1 Å². The average molecular weight is 352 g/mol. The normalized spacial score (nSPS) is 14.2. The van der Waals surface area contributed by atoms with Crippen molar-refractivity contribution >= 4 is 17.5 Å². The van der Waals surface area contributed by atoms with Crippen molar-refractivity contribution in [3.05, 3.63) is 35.2 Å². The van der Waals surface area contributed by atoms with Gasteiger partial charge in [-0.15, -0.1) is 10.2 Å². The fraction of sp³-hybridized carbons (Fsp3) is 0.471. The highest BCUT2D eigenvalue weighted by molar-refractivity contribution is 6.30. The summed E-state index contributed by atoms with van der Waals surface area (Å²) in [6, 6.07) is 7.16. The molecular weight excluding hydrogens is 328 g/mol. The molecule has 24 heavy (non-hydrogen) atoms. The molecule has 2 N–H and O–H groups in total. The third-order valence-corrected chi connectivity index (χ3v) is 3.81. The maximum absolute atomic E-state index is 12.1. The summed E-state index contributed by atoms with van der Waals surface area (Å²) >= 11 is 5.99. The van der Waals surface area contributed by atoms with Crippen molar-refractivity contribution in [1.29, 1.82) is 0 Å². The highest BCUT2D eigenvalue weighted by Gasteiger charge is 2.25. The number of aromatic nitrogens is 2. The summed E-state index contributed by atoms with van der Waals surface area (Å²) in [6.07, 6.45) is 0. The minimum Gasteiger partial charge on any atom is -0.415 e. The van der Waals surface area contributed by atoms with E-state index < -0.39 is 0 Å². The molecule has 0 aliphatic rings. The zero-order chi connectivity index (χ0) is 17.9. The first-order valence-electron chi connectivity index (χ1n) is 7.88. The van der Waals surface area contributed by atoms with E-state index in [1.165, 1.54) is 0 Å². The van der Waals surface area contributed by atoms with Crippen LogP contribution in [-0.2, 0) is 4.79 Å². The lowest BCUT2D eigenvalue weighted by atomic mass is 10.1. The minimum atomic E-state index is -0.245. The molecule has 0 spiro atoms. The molecule has 1 aromatic heterocycles. The molecule has 0 radical (unpaired) electrons. The van der Waals surface area contributed by atoms with Gasteiger partial charge in [0.2, 0.25) is 5.89 Å². The van der Waals surface area contributed by atoms with Crippen LogP contribution >= 0.6 is 11.6 Å². The Labute approximate surface area is 147 Å². The van der Waals surface area contributed by atoms with Crippen molar-refractivity contribution in [2.45, 2.75) is 39.3 Å². The Balaban J connectivity index is 2.05. The first-order valence-corrected chi connectivity index (χ1v) is 8.26. The molecule has 2 atom stereocenters. The Morgan fingerprint density at radius 3 is 2.71 bits per heavy atom. The quantitative estimate of drug-likeness (QED) is 0.862. The summed E-state index contributed by atoms with van der Waals surface area (Å²) in [5.41, 5.74) is 0.529. The molecular formula is C17H24ClN4O2+. The van der Waals surface area contributed by atoms with E-state index >= 15 is 0 Å². The molecule has 0 saturated carbocycles. The molecule has 0 bridgehead atoms. The van der Waals surface area contributed by atoms with E-state index in [1.807, 2.05) is 46.9 Å². The van der Waals surface area contributed by atoms with Gasteiger partial charge in [0.1, 0.15) is 0 Å². The van der Waals surface area contributed by atoms with Gasteiger partial charge < -0.3 is 14.6 Å². The monoisotopic (exact) mass is 351 g/mol. The van der Waals surface area contributed by atoms with Gasteiger partial charge >= 0.3 is 0 Å². The molecule has 2 rings (SSSR count). The lowest BCUT2D eigenvalue weighted by molar-refractivity contribution is -0.903. The van der Waals surface area contributed by atoms with Gasteiger partial charge in [-0.25, -0.2) is 0 Å². The van der Waals surface area contributed by atoms with E-state index in [0.29, 0.717) is 23.3 Å². The fourth-order valence-electron chi connectivity index (χ4n) is 2.23. The second-order valence-corrected chi connectivity index (χ2v) is 7.44. The number of carbonyl (C=O) groups is 1. The van der Waals surface area contributed by atoms with E-state index in [-0.39, 0.29) is 17.5 Å². The zero-order valence-electron chi connectivity index (χ0n) is 14.7. The number of nitrogens with one attached hydrogen (secondary N) is 2. The molecule has 0 fully saturated rings. The van der Waals surface area contributed by atoms with Crippen LogP contribution in [0.3, 0.4) is 0 Å². The molecule has 1 unspecified atom stereocenters. The van der Waals surface area contributed by atoms with Gasteiger partial charge in [-0.1, -0.05) is 17.7 Å². The van der Waals surface area contributed by atoms with Crippen molar-refractivity contribution in [3.8, 4) is 11.5 Å². The summed E-state index contributed by atoms with van der Waals surface area (Å²) in [4.78, 5) is 13.0. The summed E-state index contributed by atoms with van der Waals surface area (Å²) in [5.74, 6) is 0.902. The summed E-state index contributed by atoms with van der Waals surface area (Å²) < 4.78 is 5.76. The first kappa shape index (κ1) is 18.4. The number of likely N-dealkylation sites (N-methyl/N-ethyl adjacent to an activating group) is 1. The van der Waals surface area contributed by atoms with Crippen LogP contribution < -0.4 is 10.2 Å². The number of carbonyl (C=O) groups excluding carboxylic acids is 1. The molecule has 1 amide bonds. The maximum atomic E-state index is 12.1. The molecule has 0 saturated heterocycles. The van der Waals surface area contributed by atoms with Gasteiger partial charge in [0.05, 0.1) is 7.05 Å². The number of amides is 1. The SMILES string of the molecule is C[C@H](c1nnc(-c2cccc(Cl)c2)o1)[NH+](C)CC(=O)NC(C)(C)C. The molecule has 6 nitrogen and oxygen atoms in total. The van der Waals surface area contributed by atoms with Crippen LogP contribution in [0.25, 0.3) is 11.5 Å². The zero-order valence-corrected chi connectivity index (χ0v) is 15.4. The molecule has 0 aliphatic heterocycles. The predicted octanol–water partition coefficient (Wildman–Crippen LogP) is 1.88. The van der Waals surface area contributed by atoms with Crippen molar-refractivity contribution in [2.24, 2.45) is 0 Å². The molecule has 2 aromatic rings. The van der Waals surface area contributed by atoms with Gasteiger partial charge in [0.25, 0.3) is 11.8 Å². The first-order chi connectivity index (χ1) is 11.2. The second-order valence-electron chi connectivity index (χ2n) is 7.00. The molecule has 1 heterocycles. The highest BCUT2D eigenvalue weighted by atomic mass is 35.5. The molecule has 7 heteroatoms. The van der Waals surface area contributed by atoms with Gasteiger partial charge in [0.15, 0.2) is 12.6 Å². The third kappa shape index (κ3) is 5.04. The van der Waals surface area contributed by atoms with Crippen LogP contribution in [-0.4, -0.2) is 35.2 Å². The van der Waals surface area contributed by atoms with Crippen LogP contribution in [0.4, 0.5) is 0 Å². The van der Waals surface area contributed by atoms with Gasteiger partial charge in [-0.3, -0.25) is 4.79 Å². The minimum absolute atomic E-state index is 0.0126. The predicted molar refractivity (Wildman–Crippen MR) is 92.8 cm³/mol. The number of nitrogens with zero attached hydrogens (tertiary/aromatic N) is 2. The topological polar surface area (TPSA) is 72.5 Å². The summed E-state index contributed by atoms with van der Waals surface area (Å²) in [6.45, 7) is 8.15. The Morgan fingerprint density at radius 1 is 1.38 bits per heavy atom. The fourth-order valence-corrected chi connectivity index (χ4v) is 2.42. The number of rotatable bonds is 5.